The van der Waals surface area contributed by atoms with Gasteiger partial charge in [0.1, 0.15) is 4.60 Å². The first-order valence-electron chi connectivity index (χ1n) is 6.18. The molecule has 2 heterocycles. The Kier molecular flexibility index (Phi) is 6.09. The second-order valence-corrected chi connectivity index (χ2v) is 6.09. The molecule has 2 aromatic rings. The number of aliphatic hydroxyl groups excluding tert-OH is 1. The van der Waals surface area contributed by atoms with Gasteiger partial charge in [-0.15, -0.1) is 0 Å². The third kappa shape index (κ3) is 4.45. The molecule has 2 aromatic heterocycles. The van der Waals surface area contributed by atoms with Crippen LogP contribution in [0.1, 0.15) is 12.1 Å². The minimum atomic E-state index is 0.283. The van der Waals surface area contributed by atoms with Crippen LogP contribution in [0.4, 0.5) is 0 Å². The average Bonchev–Trinajstić information content (AvgIpc) is 2.80. The van der Waals surface area contributed by atoms with Crippen LogP contribution in [-0.2, 0) is 6.54 Å². The van der Waals surface area contributed by atoms with Gasteiger partial charge >= 0.3 is 0 Å². The Morgan fingerprint density at radius 3 is 3.05 bits per heavy atom. The van der Waals surface area contributed by atoms with Crippen molar-refractivity contribution >= 4 is 33.3 Å². The molecule has 0 atom stereocenters. The van der Waals surface area contributed by atoms with E-state index in [2.05, 4.69) is 31.2 Å². The summed E-state index contributed by atoms with van der Waals surface area (Å²) in [5.74, 6) is 2.08. The minimum Gasteiger partial charge on any atom is -0.396 e. The van der Waals surface area contributed by atoms with Crippen LogP contribution in [0.2, 0.25) is 0 Å². The molecule has 104 valence electrons. The molecule has 0 saturated carbocycles. The van der Waals surface area contributed by atoms with Gasteiger partial charge in [-0.2, -0.15) is 11.8 Å². The lowest BCUT2D eigenvalue weighted by atomic mass is 10.4. The highest BCUT2D eigenvalue weighted by molar-refractivity contribution is 9.10. The third-order valence-corrected chi connectivity index (χ3v) is 4.10. The number of thioether (sulfide) groups is 1. The normalized spacial score (nSPS) is 11.3. The van der Waals surface area contributed by atoms with Crippen LogP contribution in [0, 0.1) is 0 Å². The van der Waals surface area contributed by atoms with Gasteiger partial charge in [0.25, 0.3) is 0 Å². The van der Waals surface area contributed by atoms with Gasteiger partial charge in [-0.1, -0.05) is 0 Å². The quantitative estimate of drug-likeness (QED) is 0.713. The van der Waals surface area contributed by atoms with Crippen LogP contribution in [0.25, 0.3) is 5.65 Å². The number of aliphatic hydroxyl groups is 1. The Morgan fingerprint density at radius 1 is 1.32 bits per heavy atom. The van der Waals surface area contributed by atoms with E-state index in [9.17, 15) is 0 Å². The van der Waals surface area contributed by atoms with Crippen molar-refractivity contribution in [3.8, 4) is 0 Å². The topological polar surface area (TPSA) is 62.5 Å². The van der Waals surface area contributed by atoms with Crippen LogP contribution >= 0.6 is 27.7 Å². The molecule has 0 amide bonds. The fraction of sp³-hybridized carbons (Fsp3) is 0.500. The van der Waals surface area contributed by atoms with Crippen LogP contribution in [0.5, 0.6) is 0 Å². The SMILES string of the molecule is OCCCSCCNCc1cnc2cnc(Br)cn12. The summed E-state index contributed by atoms with van der Waals surface area (Å²) in [7, 11) is 0. The molecule has 0 bridgehead atoms. The van der Waals surface area contributed by atoms with Crippen molar-refractivity contribution in [3.05, 3.63) is 28.9 Å². The fourth-order valence-corrected chi connectivity index (χ4v) is 2.81. The molecular weight excluding hydrogens is 328 g/mol. The van der Waals surface area contributed by atoms with Crippen LogP contribution in [0.15, 0.2) is 23.2 Å². The predicted octanol–water partition coefficient (Wildman–Crippen LogP) is 1.70. The van der Waals surface area contributed by atoms with Crippen LogP contribution in [-0.4, -0.2) is 44.1 Å². The van der Waals surface area contributed by atoms with E-state index in [0.717, 1.165) is 47.0 Å². The molecule has 0 aliphatic rings. The number of imidazole rings is 1. The molecule has 19 heavy (non-hydrogen) atoms. The molecule has 0 aliphatic heterocycles. The molecule has 2 rings (SSSR count). The lowest BCUT2D eigenvalue weighted by Gasteiger charge is -2.05. The molecule has 0 aliphatic carbocycles. The second kappa shape index (κ2) is 7.84. The molecular formula is C12H17BrN4OS. The third-order valence-electron chi connectivity index (χ3n) is 2.62. The van der Waals surface area contributed by atoms with Crippen molar-refractivity contribution in [2.75, 3.05) is 24.7 Å². The van der Waals surface area contributed by atoms with Crippen molar-refractivity contribution in [2.24, 2.45) is 0 Å². The number of halogens is 1. The molecule has 0 fully saturated rings. The summed E-state index contributed by atoms with van der Waals surface area (Å²) in [4.78, 5) is 8.45. The van der Waals surface area contributed by atoms with E-state index in [0.29, 0.717) is 0 Å². The van der Waals surface area contributed by atoms with Crippen molar-refractivity contribution in [1.29, 1.82) is 0 Å². The van der Waals surface area contributed by atoms with Crippen LogP contribution in [0.3, 0.4) is 0 Å². The lowest BCUT2D eigenvalue weighted by molar-refractivity contribution is 0.296. The molecule has 0 saturated heterocycles. The molecule has 0 aromatic carbocycles. The standard InChI is InChI=1S/C12H17BrN4OS/c13-11-9-17-10(7-16-12(17)8-15-11)6-14-2-5-19-4-1-3-18/h7-9,14,18H,1-6H2. The van der Waals surface area contributed by atoms with Crippen molar-refractivity contribution in [1.82, 2.24) is 19.7 Å². The molecule has 7 heteroatoms. The molecule has 2 N–H and O–H groups in total. The van der Waals surface area contributed by atoms with Gasteiger partial charge in [-0.3, -0.25) is 4.40 Å². The first-order valence-corrected chi connectivity index (χ1v) is 8.13. The zero-order valence-electron chi connectivity index (χ0n) is 10.5. The molecule has 5 nitrogen and oxygen atoms in total. The summed E-state index contributed by atoms with van der Waals surface area (Å²) in [6, 6.07) is 0. The average molecular weight is 345 g/mol. The highest BCUT2D eigenvalue weighted by Gasteiger charge is 2.03. The van der Waals surface area contributed by atoms with E-state index >= 15 is 0 Å². The highest BCUT2D eigenvalue weighted by Crippen LogP contribution is 2.10. The summed E-state index contributed by atoms with van der Waals surface area (Å²) < 4.78 is 2.84. The van der Waals surface area contributed by atoms with Gasteiger partial charge in [0.15, 0.2) is 5.65 Å². The number of hydrogen-bond acceptors (Lipinski definition) is 5. The van der Waals surface area contributed by atoms with Gasteiger partial charge < -0.3 is 10.4 Å². The Balaban J connectivity index is 1.77. The number of rotatable bonds is 8. The van der Waals surface area contributed by atoms with E-state index in [1.165, 1.54) is 0 Å². The van der Waals surface area contributed by atoms with Crippen molar-refractivity contribution in [2.45, 2.75) is 13.0 Å². The largest absolute Gasteiger partial charge is 0.396 e. The maximum absolute atomic E-state index is 8.67. The number of fused-ring (bicyclic) bond motifs is 1. The first kappa shape index (κ1) is 14.8. The number of nitrogens with one attached hydrogen (secondary N) is 1. The minimum absolute atomic E-state index is 0.283. The van der Waals surface area contributed by atoms with Gasteiger partial charge in [0, 0.05) is 31.6 Å². The maximum Gasteiger partial charge on any atom is 0.155 e. The summed E-state index contributed by atoms with van der Waals surface area (Å²) in [6.45, 7) is 2.03. The number of hydrogen-bond donors (Lipinski definition) is 2. The van der Waals surface area contributed by atoms with Gasteiger partial charge in [-0.05, 0) is 28.1 Å². The maximum atomic E-state index is 8.67. The highest BCUT2D eigenvalue weighted by atomic mass is 79.9. The zero-order valence-corrected chi connectivity index (χ0v) is 13.0. The number of aromatic nitrogens is 3. The summed E-state index contributed by atoms with van der Waals surface area (Å²) in [5, 5.41) is 12.1. The lowest BCUT2D eigenvalue weighted by Crippen LogP contribution is -2.17. The fourth-order valence-electron chi connectivity index (χ4n) is 1.68. The Bertz CT molecular complexity index is 519. The van der Waals surface area contributed by atoms with E-state index < -0.39 is 0 Å². The monoisotopic (exact) mass is 344 g/mol. The Morgan fingerprint density at radius 2 is 2.21 bits per heavy atom. The summed E-state index contributed by atoms with van der Waals surface area (Å²) >= 11 is 5.22. The van der Waals surface area contributed by atoms with E-state index in [-0.39, 0.29) is 6.61 Å². The molecule has 0 spiro atoms. The van der Waals surface area contributed by atoms with Crippen molar-refractivity contribution in [3.63, 3.8) is 0 Å². The van der Waals surface area contributed by atoms with Gasteiger partial charge in [0.05, 0.1) is 18.1 Å². The smallest absolute Gasteiger partial charge is 0.155 e. The summed E-state index contributed by atoms with van der Waals surface area (Å²) in [6.07, 6.45) is 6.42. The van der Waals surface area contributed by atoms with Crippen molar-refractivity contribution < 1.29 is 5.11 Å². The van der Waals surface area contributed by atoms with Crippen LogP contribution < -0.4 is 5.32 Å². The van der Waals surface area contributed by atoms with E-state index in [4.69, 9.17) is 5.11 Å². The second-order valence-electron chi connectivity index (χ2n) is 4.05. The Labute approximate surface area is 125 Å². The predicted molar refractivity (Wildman–Crippen MR) is 81.4 cm³/mol. The van der Waals surface area contributed by atoms with Gasteiger partial charge in [0.2, 0.25) is 0 Å². The van der Waals surface area contributed by atoms with Gasteiger partial charge in [-0.25, -0.2) is 9.97 Å². The van der Waals surface area contributed by atoms with E-state index in [1.54, 1.807) is 6.20 Å². The van der Waals surface area contributed by atoms with E-state index in [1.807, 2.05) is 28.6 Å². The zero-order chi connectivity index (χ0) is 13.5. The number of nitrogens with zero attached hydrogens (tertiary/aromatic N) is 3. The Hall–Kier alpha value is -0.630. The molecule has 0 unspecified atom stereocenters. The molecule has 0 radical (unpaired) electrons. The first-order chi connectivity index (χ1) is 9.31. The summed E-state index contributed by atoms with van der Waals surface area (Å²) in [5.41, 5.74) is 1.98.